The molecule has 23 heavy (non-hydrogen) atoms. The number of hydrogen-bond donors (Lipinski definition) is 1. The number of carbonyl (C=O) groups excluding carboxylic acids is 1. The maximum absolute atomic E-state index is 13.8. The van der Waals surface area contributed by atoms with E-state index in [1.165, 1.54) is 31.2 Å². The summed E-state index contributed by atoms with van der Waals surface area (Å²) in [5, 5.41) is 13.4. The summed E-state index contributed by atoms with van der Waals surface area (Å²) in [6, 6.07) is 6.87. The zero-order valence-electron chi connectivity index (χ0n) is 11.6. The molecule has 0 saturated heterocycles. The van der Waals surface area contributed by atoms with E-state index in [4.69, 9.17) is 0 Å². The largest absolute Gasteiger partial charge is 0.527 e. The number of halogens is 5. The molecular weight excluding hydrogens is 327 g/mol. The Kier molecular flexibility index (Phi) is 4.16. The van der Waals surface area contributed by atoms with Gasteiger partial charge in [0.05, 0.1) is 0 Å². The van der Waals surface area contributed by atoms with Gasteiger partial charge >= 0.3 is 12.5 Å². The molecule has 1 unspecified atom stereocenters. The Morgan fingerprint density at radius 2 is 1.83 bits per heavy atom. The second-order valence-corrected chi connectivity index (χ2v) is 4.88. The SMILES string of the molecule is CC1=NN(C(=O)c2ccccc2)C(O)(C(F)(F)OC(F)(F)F)C1. The van der Waals surface area contributed by atoms with Crippen molar-refractivity contribution in [3.8, 4) is 0 Å². The van der Waals surface area contributed by atoms with E-state index in [2.05, 4.69) is 9.84 Å². The quantitative estimate of drug-likeness (QED) is 0.862. The van der Waals surface area contributed by atoms with Crippen LogP contribution in [0.15, 0.2) is 35.4 Å². The summed E-state index contributed by atoms with van der Waals surface area (Å²) in [6.45, 7) is 1.19. The van der Waals surface area contributed by atoms with Gasteiger partial charge in [-0.25, -0.2) is 4.74 Å². The van der Waals surface area contributed by atoms with Crippen molar-refractivity contribution in [2.45, 2.75) is 31.5 Å². The normalized spacial score (nSPS) is 22.2. The minimum Gasteiger partial charge on any atom is -0.362 e. The van der Waals surface area contributed by atoms with Crippen molar-refractivity contribution in [3.63, 3.8) is 0 Å². The van der Waals surface area contributed by atoms with Crippen LogP contribution in [0, 0.1) is 0 Å². The van der Waals surface area contributed by atoms with Gasteiger partial charge in [-0.1, -0.05) is 18.2 Å². The van der Waals surface area contributed by atoms with Gasteiger partial charge in [0, 0.05) is 17.7 Å². The third-order valence-electron chi connectivity index (χ3n) is 3.05. The molecule has 1 aromatic carbocycles. The van der Waals surface area contributed by atoms with E-state index >= 15 is 0 Å². The molecule has 126 valence electrons. The first-order chi connectivity index (χ1) is 10.5. The summed E-state index contributed by atoms with van der Waals surface area (Å²) in [5.74, 6) is -1.18. The molecule has 10 heteroatoms. The fourth-order valence-corrected chi connectivity index (χ4v) is 2.09. The molecule has 1 atom stereocenters. The number of hydrogen-bond acceptors (Lipinski definition) is 4. The van der Waals surface area contributed by atoms with E-state index in [0.29, 0.717) is 0 Å². The Bertz CT molecular complexity index is 632. The van der Waals surface area contributed by atoms with Gasteiger partial charge in [-0.05, 0) is 19.1 Å². The molecule has 0 bridgehead atoms. The van der Waals surface area contributed by atoms with Crippen LogP contribution in [0.2, 0.25) is 0 Å². The summed E-state index contributed by atoms with van der Waals surface area (Å²) < 4.78 is 66.9. The highest BCUT2D eigenvalue weighted by Crippen LogP contribution is 2.43. The molecule has 0 spiro atoms. The van der Waals surface area contributed by atoms with Crippen molar-refractivity contribution in [1.29, 1.82) is 0 Å². The molecule has 0 aliphatic carbocycles. The predicted octanol–water partition coefficient (Wildman–Crippen LogP) is 2.73. The molecule has 1 aliphatic rings. The molecular formula is C13H11F5N2O3. The zero-order valence-corrected chi connectivity index (χ0v) is 11.6. The van der Waals surface area contributed by atoms with Gasteiger partial charge < -0.3 is 5.11 Å². The van der Waals surface area contributed by atoms with Crippen LogP contribution >= 0.6 is 0 Å². The molecule has 5 nitrogen and oxygen atoms in total. The molecule has 1 N–H and O–H groups in total. The monoisotopic (exact) mass is 338 g/mol. The topological polar surface area (TPSA) is 62.1 Å². The third-order valence-corrected chi connectivity index (χ3v) is 3.05. The van der Waals surface area contributed by atoms with Crippen LogP contribution in [0.5, 0.6) is 0 Å². The van der Waals surface area contributed by atoms with E-state index in [0.717, 1.165) is 0 Å². The zero-order chi connectivity index (χ0) is 17.5. The van der Waals surface area contributed by atoms with Crippen molar-refractivity contribution in [3.05, 3.63) is 35.9 Å². The van der Waals surface area contributed by atoms with Crippen LogP contribution in [-0.2, 0) is 4.74 Å². The molecule has 1 amide bonds. The first-order valence-electron chi connectivity index (χ1n) is 6.27. The number of benzene rings is 1. The number of alkyl halides is 5. The van der Waals surface area contributed by atoms with Crippen molar-refractivity contribution >= 4 is 11.6 Å². The Morgan fingerprint density at radius 1 is 1.26 bits per heavy atom. The number of carbonyl (C=O) groups is 1. The lowest BCUT2D eigenvalue weighted by Crippen LogP contribution is -2.61. The Labute approximate surface area is 127 Å². The lowest BCUT2D eigenvalue weighted by molar-refractivity contribution is -0.468. The summed E-state index contributed by atoms with van der Waals surface area (Å²) in [4.78, 5) is 12.2. The average molecular weight is 338 g/mol. The maximum atomic E-state index is 13.8. The Morgan fingerprint density at radius 3 is 2.35 bits per heavy atom. The van der Waals surface area contributed by atoms with Crippen LogP contribution in [0.3, 0.4) is 0 Å². The molecule has 1 heterocycles. The second-order valence-electron chi connectivity index (χ2n) is 4.88. The van der Waals surface area contributed by atoms with Crippen molar-refractivity contribution in [1.82, 2.24) is 5.01 Å². The maximum Gasteiger partial charge on any atom is 0.527 e. The third kappa shape index (κ3) is 3.32. The summed E-state index contributed by atoms with van der Waals surface area (Å²) in [6.07, 6.45) is -11.8. The van der Waals surface area contributed by atoms with E-state index in [-0.39, 0.29) is 16.3 Å². The number of nitrogens with zero attached hydrogens (tertiary/aromatic N) is 2. The first-order valence-corrected chi connectivity index (χ1v) is 6.27. The fourth-order valence-electron chi connectivity index (χ4n) is 2.09. The van der Waals surface area contributed by atoms with Gasteiger partial charge in [0.25, 0.3) is 11.6 Å². The number of ether oxygens (including phenoxy) is 1. The Hall–Kier alpha value is -2.07. The van der Waals surface area contributed by atoms with Crippen molar-refractivity contribution < 1.29 is 36.6 Å². The summed E-state index contributed by atoms with van der Waals surface area (Å²) in [5.41, 5.74) is -3.87. The van der Waals surface area contributed by atoms with Crippen LogP contribution in [-0.4, -0.2) is 39.9 Å². The smallest absolute Gasteiger partial charge is 0.362 e. The van der Waals surface area contributed by atoms with Crippen molar-refractivity contribution in [2.24, 2.45) is 5.10 Å². The van der Waals surface area contributed by atoms with Gasteiger partial charge in [-0.2, -0.15) is 18.9 Å². The van der Waals surface area contributed by atoms with Gasteiger partial charge in [-0.3, -0.25) is 4.79 Å². The number of amides is 1. The molecule has 0 saturated carbocycles. The van der Waals surface area contributed by atoms with Gasteiger partial charge in [0.1, 0.15) is 0 Å². The minimum absolute atomic E-state index is 0.0800. The van der Waals surface area contributed by atoms with E-state index in [1.807, 2.05) is 0 Å². The number of hydrazone groups is 1. The lowest BCUT2D eigenvalue weighted by Gasteiger charge is -2.36. The standard InChI is InChI=1S/C13H11F5N2O3/c1-8-7-11(22,12(14,15)23-13(16,17)18)20(19-8)10(21)9-5-3-2-4-6-9/h2-6,22H,7H2,1H3. The molecule has 2 rings (SSSR count). The minimum atomic E-state index is -5.71. The molecule has 0 fully saturated rings. The lowest BCUT2D eigenvalue weighted by atomic mass is 10.1. The van der Waals surface area contributed by atoms with Gasteiger partial charge in [0.15, 0.2) is 0 Å². The van der Waals surface area contributed by atoms with Crippen LogP contribution in [0.25, 0.3) is 0 Å². The van der Waals surface area contributed by atoms with Crippen molar-refractivity contribution in [2.75, 3.05) is 0 Å². The van der Waals surface area contributed by atoms with E-state index in [9.17, 15) is 31.9 Å². The Balaban J connectivity index is 2.39. The molecule has 0 aromatic heterocycles. The van der Waals surface area contributed by atoms with Gasteiger partial charge in [0.2, 0.25) is 0 Å². The molecule has 1 aromatic rings. The van der Waals surface area contributed by atoms with Crippen LogP contribution in [0.1, 0.15) is 23.7 Å². The van der Waals surface area contributed by atoms with Gasteiger partial charge in [-0.15, -0.1) is 13.2 Å². The highest BCUT2D eigenvalue weighted by Gasteiger charge is 2.66. The molecule has 0 radical (unpaired) electrons. The fraction of sp³-hybridized carbons (Fsp3) is 0.385. The van der Waals surface area contributed by atoms with Crippen LogP contribution in [0.4, 0.5) is 22.0 Å². The average Bonchev–Trinajstić information content (AvgIpc) is 2.73. The number of rotatable bonds is 3. The highest BCUT2D eigenvalue weighted by atomic mass is 19.4. The van der Waals surface area contributed by atoms with E-state index < -0.39 is 30.5 Å². The first kappa shape index (κ1) is 17.3. The second kappa shape index (κ2) is 5.53. The number of aliphatic hydroxyl groups is 1. The highest BCUT2D eigenvalue weighted by molar-refractivity contribution is 5.97. The summed E-state index contributed by atoms with van der Waals surface area (Å²) >= 11 is 0. The van der Waals surface area contributed by atoms with Crippen LogP contribution < -0.4 is 0 Å². The molecule has 1 aliphatic heterocycles. The predicted molar refractivity (Wildman–Crippen MR) is 67.4 cm³/mol. The van der Waals surface area contributed by atoms with E-state index in [1.54, 1.807) is 6.07 Å². The summed E-state index contributed by atoms with van der Waals surface area (Å²) in [7, 11) is 0.